The monoisotopic (exact) mass is 283 g/mol. The summed E-state index contributed by atoms with van der Waals surface area (Å²) < 4.78 is 12.3. The Morgan fingerprint density at radius 2 is 1.65 bits per heavy atom. The molecule has 4 unspecified atom stereocenters. The molecule has 1 aliphatic carbocycles. The van der Waals surface area contributed by atoms with E-state index in [4.69, 9.17) is 9.47 Å². The summed E-state index contributed by atoms with van der Waals surface area (Å²) in [6, 6.07) is 0.641. The highest BCUT2D eigenvalue weighted by atomic mass is 16.5. The van der Waals surface area contributed by atoms with Gasteiger partial charge in [0.2, 0.25) is 0 Å². The third-order valence-electron chi connectivity index (χ3n) is 5.56. The van der Waals surface area contributed by atoms with E-state index >= 15 is 0 Å². The summed E-state index contributed by atoms with van der Waals surface area (Å²) >= 11 is 0. The second-order valence-electron chi connectivity index (χ2n) is 6.76. The first kappa shape index (κ1) is 16.3. The second kappa shape index (κ2) is 6.76. The molecule has 1 saturated heterocycles. The summed E-state index contributed by atoms with van der Waals surface area (Å²) in [6.45, 7) is 12.2. The summed E-state index contributed by atoms with van der Waals surface area (Å²) in [5, 5.41) is 3.65. The fourth-order valence-corrected chi connectivity index (χ4v) is 4.36. The highest BCUT2D eigenvalue weighted by molar-refractivity contribution is 5.07. The molecule has 2 rings (SSSR count). The highest BCUT2D eigenvalue weighted by Gasteiger charge is 2.53. The van der Waals surface area contributed by atoms with Gasteiger partial charge in [0.05, 0.1) is 24.4 Å². The Balaban J connectivity index is 1.95. The minimum Gasteiger partial charge on any atom is -0.375 e. The largest absolute Gasteiger partial charge is 0.375 e. The zero-order valence-electron chi connectivity index (χ0n) is 13.9. The summed E-state index contributed by atoms with van der Waals surface area (Å²) in [4.78, 5) is 0. The van der Waals surface area contributed by atoms with E-state index in [-0.39, 0.29) is 0 Å². The van der Waals surface area contributed by atoms with Crippen LogP contribution in [0.15, 0.2) is 0 Å². The van der Waals surface area contributed by atoms with Gasteiger partial charge in [-0.1, -0.05) is 20.8 Å². The summed E-state index contributed by atoms with van der Waals surface area (Å²) in [6.07, 6.45) is 7.20. The van der Waals surface area contributed by atoms with Crippen LogP contribution in [-0.4, -0.2) is 37.0 Å². The standard InChI is InChI=1S/C17H33NO2/c1-6-17(7-2)15(18-8-3)11-16(17)20-14-9-12(4)19-13(5)10-14/h12-16,18H,6-11H2,1-5H3. The Morgan fingerprint density at radius 3 is 2.15 bits per heavy atom. The van der Waals surface area contributed by atoms with Gasteiger partial charge >= 0.3 is 0 Å². The van der Waals surface area contributed by atoms with Crippen molar-refractivity contribution in [1.82, 2.24) is 5.32 Å². The Hall–Kier alpha value is -0.120. The molecular weight excluding hydrogens is 250 g/mol. The third kappa shape index (κ3) is 3.05. The van der Waals surface area contributed by atoms with Crippen molar-refractivity contribution in [2.75, 3.05) is 6.54 Å². The minimum atomic E-state index is 0.339. The lowest BCUT2D eigenvalue weighted by Crippen LogP contribution is -2.64. The predicted octanol–water partition coefficient (Wildman–Crippen LogP) is 3.52. The normalized spacial score (nSPS) is 40.4. The van der Waals surface area contributed by atoms with Gasteiger partial charge in [-0.05, 0) is 52.5 Å². The molecule has 2 fully saturated rings. The van der Waals surface area contributed by atoms with Gasteiger partial charge in [0.15, 0.2) is 0 Å². The van der Waals surface area contributed by atoms with Gasteiger partial charge < -0.3 is 14.8 Å². The number of rotatable bonds is 6. The molecule has 4 atom stereocenters. The predicted molar refractivity (Wildman–Crippen MR) is 83.0 cm³/mol. The van der Waals surface area contributed by atoms with Crippen molar-refractivity contribution in [2.45, 2.75) is 97.2 Å². The van der Waals surface area contributed by atoms with E-state index in [1.807, 2.05) is 0 Å². The maximum Gasteiger partial charge on any atom is 0.0664 e. The first-order chi connectivity index (χ1) is 9.55. The lowest BCUT2D eigenvalue weighted by Gasteiger charge is -2.57. The van der Waals surface area contributed by atoms with Crippen LogP contribution in [0.5, 0.6) is 0 Å². The van der Waals surface area contributed by atoms with Crippen LogP contribution in [0.25, 0.3) is 0 Å². The van der Waals surface area contributed by atoms with Crippen molar-refractivity contribution >= 4 is 0 Å². The van der Waals surface area contributed by atoms with Crippen LogP contribution in [0.3, 0.4) is 0 Å². The van der Waals surface area contributed by atoms with Crippen molar-refractivity contribution in [2.24, 2.45) is 5.41 Å². The van der Waals surface area contributed by atoms with E-state index in [1.165, 1.54) is 19.3 Å². The van der Waals surface area contributed by atoms with Gasteiger partial charge in [-0.25, -0.2) is 0 Å². The van der Waals surface area contributed by atoms with Gasteiger partial charge in [0.1, 0.15) is 0 Å². The molecule has 0 radical (unpaired) electrons. The Bertz CT molecular complexity index is 293. The smallest absolute Gasteiger partial charge is 0.0664 e. The van der Waals surface area contributed by atoms with Gasteiger partial charge in [-0.15, -0.1) is 0 Å². The van der Waals surface area contributed by atoms with E-state index in [0.717, 1.165) is 19.4 Å². The van der Waals surface area contributed by atoms with Crippen molar-refractivity contribution < 1.29 is 9.47 Å². The van der Waals surface area contributed by atoms with Crippen molar-refractivity contribution in [3.05, 3.63) is 0 Å². The maximum absolute atomic E-state index is 6.52. The topological polar surface area (TPSA) is 30.5 Å². The minimum absolute atomic E-state index is 0.339. The van der Waals surface area contributed by atoms with Gasteiger partial charge in [0.25, 0.3) is 0 Å². The van der Waals surface area contributed by atoms with Crippen LogP contribution in [0.2, 0.25) is 0 Å². The first-order valence-electron chi connectivity index (χ1n) is 8.60. The molecule has 20 heavy (non-hydrogen) atoms. The summed E-state index contributed by atoms with van der Waals surface area (Å²) in [5.74, 6) is 0. The fraction of sp³-hybridized carbons (Fsp3) is 1.00. The van der Waals surface area contributed by atoms with Crippen molar-refractivity contribution in [3.63, 3.8) is 0 Å². The Morgan fingerprint density at radius 1 is 1.05 bits per heavy atom. The van der Waals surface area contributed by atoms with Gasteiger partial charge in [-0.2, -0.15) is 0 Å². The molecule has 3 heteroatoms. The SMILES string of the molecule is CCNC1CC(OC2CC(C)OC(C)C2)C1(CC)CC. The van der Waals surface area contributed by atoms with Crippen LogP contribution in [-0.2, 0) is 9.47 Å². The lowest BCUT2D eigenvalue weighted by atomic mass is 9.58. The van der Waals surface area contributed by atoms with Crippen LogP contribution >= 0.6 is 0 Å². The molecule has 118 valence electrons. The van der Waals surface area contributed by atoms with Gasteiger partial charge in [-0.3, -0.25) is 0 Å². The first-order valence-corrected chi connectivity index (χ1v) is 8.60. The van der Waals surface area contributed by atoms with Crippen LogP contribution < -0.4 is 5.32 Å². The molecule has 0 amide bonds. The molecule has 0 aromatic heterocycles. The molecule has 1 aliphatic heterocycles. The van der Waals surface area contributed by atoms with E-state index < -0.39 is 0 Å². The molecule has 0 bridgehead atoms. The van der Waals surface area contributed by atoms with E-state index in [9.17, 15) is 0 Å². The molecule has 1 heterocycles. The molecule has 2 aliphatic rings. The van der Waals surface area contributed by atoms with E-state index in [1.54, 1.807) is 0 Å². The summed E-state index contributed by atoms with van der Waals surface area (Å²) in [5.41, 5.74) is 0.348. The average Bonchev–Trinajstić information content (AvgIpc) is 2.38. The van der Waals surface area contributed by atoms with Crippen LogP contribution in [0.1, 0.15) is 66.7 Å². The molecule has 3 nitrogen and oxygen atoms in total. The second-order valence-corrected chi connectivity index (χ2v) is 6.76. The number of ether oxygens (including phenoxy) is 2. The van der Waals surface area contributed by atoms with Crippen LogP contribution in [0.4, 0.5) is 0 Å². The number of nitrogens with one attached hydrogen (secondary N) is 1. The van der Waals surface area contributed by atoms with E-state index in [0.29, 0.717) is 35.9 Å². The van der Waals surface area contributed by atoms with E-state index in [2.05, 4.69) is 39.9 Å². The number of hydrogen-bond acceptors (Lipinski definition) is 3. The number of hydrogen-bond donors (Lipinski definition) is 1. The Labute approximate surface area is 124 Å². The maximum atomic E-state index is 6.52. The molecule has 1 saturated carbocycles. The fourth-order valence-electron chi connectivity index (χ4n) is 4.36. The van der Waals surface area contributed by atoms with Crippen molar-refractivity contribution in [3.8, 4) is 0 Å². The Kier molecular flexibility index (Phi) is 5.49. The molecular formula is C17H33NO2. The third-order valence-corrected chi connectivity index (χ3v) is 5.56. The molecule has 1 N–H and O–H groups in total. The molecule has 0 aromatic carbocycles. The zero-order chi connectivity index (χ0) is 14.8. The average molecular weight is 283 g/mol. The lowest BCUT2D eigenvalue weighted by molar-refractivity contribution is -0.196. The molecule has 0 spiro atoms. The summed E-state index contributed by atoms with van der Waals surface area (Å²) in [7, 11) is 0. The van der Waals surface area contributed by atoms with Gasteiger partial charge in [0, 0.05) is 11.5 Å². The van der Waals surface area contributed by atoms with Crippen molar-refractivity contribution in [1.29, 1.82) is 0 Å². The van der Waals surface area contributed by atoms with Crippen LogP contribution in [0, 0.1) is 5.41 Å². The zero-order valence-corrected chi connectivity index (χ0v) is 13.9. The molecule has 0 aromatic rings. The highest BCUT2D eigenvalue weighted by Crippen LogP contribution is 2.49. The quantitative estimate of drug-likeness (QED) is 0.809.